The third-order valence-corrected chi connectivity index (χ3v) is 3.63. The topological polar surface area (TPSA) is 85.8 Å². The highest BCUT2D eigenvalue weighted by atomic mass is 32.2. The summed E-state index contributed by atoms with van der Waals surface area (Å²) in [4.78, 5) is 28.5. The quantitative estimate of drug-likeness (QED) is 0.246. The second kappa shape index (κ2) is 10.3. The normalized spacial score (nSPS) is 15.3. The van der Waals surface area contributed by atoms with E-state index in [1.165, 1.54) is 4.90 Å². The van der Waals surface area contributed by atoms with Crippen LogP contribution in [0.3, 0.4) is 0 Å². The van der Waals surface area contributed by atoms with E-state index in [0.717, 1.165) is 37.6 Å². The molecule has 0 saturated carbocycles. The van der Waals surface area contributed by atoms with Crippen LogP contribution in [-0.2, 0) is 4.79 Å². The number of carbonyl (C=O) groups excluding carboxylic acids is 2. The molecule has 0 unspecified atom stereocenters. The van der Waals surface area contributed by atoms with Gasteiger partial charge in [0, 0.05) is 26.2 Å². The first kappa shape index (κ1) is 17.6. The Labute approximate surface area is 130 Å². The predicted octanol–water partition coefficient (Wildman–Crippen LogP) is 0.237. The van der Waals surface area contributed by atoms with Crippen molar-refractivity contribution >= 4 is 29.7 Å². The third kappa shape index (κ3) is 6.70. The summed E-state index contributed by atoms with van der Waals surface area (Å²) in [7, 11) is 0. The summed E-state index contributed by atoms with van der Waals surface area (Å²) in [5.41, 5.74) is 0. The van der Waals surface area contributed by atoms with Crippen molar-refractivity contribution in [2.45, 2.75) is 19.8 Å². The van der Waals surface area contributed by atoms with Crippen LogP contribution < -0.4 is 16.0 Å². The molecule has 0 atom stereocenters. The minimum atomic E-state index is -0.319. The van der Waals surface area contributed by atoms with Crippen molar-refractivity contribution in [1.29, 1.82) is 0 Å². The molecule has 0 bridgehead atoms. The largest absolute Gasteiger partial charge is 0.357 e. The molecule has 0 aromatic heterocycles. The molecule has 0 aromatic rings. The van der Waals surface area contributed by atoms with E-state index in [0.29, 0.717) is 13.1 Å². The maximum atomic E-state index is 11.4. The average Bonchev–Trinajstić information content (AvgIpc) is 2.78. The highest BCUT2D eigenvalue weighted by Gasteiger charge is 2.27. The number of hydrogen-bond acceptors (Lipinski definition) is 4. The molecule has 3 N–H and O–H groups in total. The molecule has 0 aliphatic carbocycles. The van der Waals surface area contributed by atoms with Crippen LogP contribution in [0.15, 0.2) is 4.99 Å². The first-order chi connectivity index (χ1) is 10.2. The highest BCUT2D eigenvalue weighted by molar-refractivity contribution is 7.98. The first-order valence-electron chi connectivity index (χ1n) is 7.28. The second-order valence-corrected chi connectivity index (χ2v) is 5.58. The zero-order valence-corrected chi connectivity index (χ0v) is 13.6. The third-order valence-electron chi connectivity index (χ3n) is 2.94. The number of urea groups is 1. The van der Waals surface area contributed by atoms with Gasteiger partial charge in [-0.1, -0.05) is 0 Å². The van der Waals surface area contributed by atoms with Gasteiger partial charge in [0.25, 0.3) is 0 Å². The second-order valence-electron chi connectivity index (χ2n) is 4.59. The summed E-state index contributed by atoms with van der Waals surface area (Å²) < 4.78 is 0. The summed E-state index contributed by atoms with van der Waals surface area (Å²) in [5, 5.41) is 8.79. The zero-order chi connectivity index (χ0) is 15.5. The summed E-state index contributed by atoms with van der Waals surface area (Å²) in [5.74, 6) is 1.71. The van der Waals surface area contributed by atoms with Crippen molar-refractivity contribution in [3.05, 3.63) is 0 Å². The van der Waals surface area contributed by atoms with Crippen molar-refractivity contribution in [3.8, 4) is 0 Å². The number of imide groups is 1. The summed E-state index contributed by atoms with van der Waals surface area (Å²) >= 11 is 1.84. The Morgan fingerprint density at radius 2 is 2.19 bits per heavy atom. The van der Waals surface area contributed by atoms with Crippen LogP contribution in [-0.4, -0.2) is 67.5 Å². The molecule has 3 amide bonds. The molecule has 0 aromatic carbocycles. The number of hydrogen-bond donors (Lipinski definition) is 3. The van der Waals surface area contributed by atoms with Crippen LogP contribution in [0.5, 0.6) is 0 Å². The Bertz CT molecular complexity index is 360. The number of aliphatic imine (C=N–C) groups is 1. The molecule has 120 valence electrons. The van der Waals surface area contributed by atoms with Gasteiger partial charge in [0.2, 0.25) is 5.91 Å². The molecule has 1 heterocycles. The number of carbonyl (C=O) groups is 2. The summed E-state index contributed by atoms with van der Waals surface area (Å²) in [6, 6.07) is -0.319. The van der Waals surface area contributed by atoms with Gasteiger partial charge in [0.15, 0.2) is 5.96 Å². The van der Waals surface area contributed by atoms with E-state index in [1.807, 2.05) is 18.7 Å². The van der Waals surface area contributed by atoms with Crippen LogP contribution >= 0.6 is 11.8 Å². The zero-order valence-electron chi connectivity index (χ0n) is 12.8. The Hall–Kier alpha value is -1.44. The number of nitrogens with zero attached hydrogens (tertiary/aromatic N) is 2. The molecule has 1 aliphatic heterocycles. The lowest BCUT2D eigenvalue weighted by Gasteiger charge is -2.15. The fourth-order valence-corrected chi connectivity index (χ4v) is 2.35. The molecule has 8 heteroatoms. The molecule has 1 saturated heterocycles. The minimum Gasteiger partial charge on any atom is -0.357 e. The molecule has 21 heavy (non-hydrogen) atoms. The molecule has 1 fully saturated rings. The highest BCUT2D eigenvalue weighted by Crippen LogP contribution is 1.99. The van der Waals surface area contributed by atoms with Crippen molar-refractivity contribution in [2.24, 2.45) is 4.99 Å². The van der Waals surface area contributed by atoms with E-state index in [9.17, 15) is 9.59 Å². The van der Waals surface area contributed by atoms with Crippen molar-refractivity contribution in [3.63, 3.8) is 0 Å². The van der Waals surface area contributed by atoms with Crippen molar-refractivity contribution in [2.75, 3.05) is 44.7 Å². The van der Waals surface area contributed by atoms with E-state index in [-0.39, 0.29) is 18.5 Å². The molecule has 7 nitrogen and oxygen atoms in total. The van der Waals surface area contributed by atoms with Crippen molar-refractivity contribution in [1.82, 2.24) is 20.9 Å². The number of amides is 3. The Morgan fingerprint density at radius 1 is 1.38 bits per heavy atom. The maximum absolute atomic E-state index is 11.4. The number of rotatable bonds is 9. The van der Waals surface area contributed by atoms with Crippen molar-refractivity contribution < 1.29 is 9.59 Å². The van der Waals surface area contributed by atoms with Crippen LogP contribution in [0.25, 0.3) is 0 Å². The van der Waals surface area contributed by atoms with E-state index < -0.39 is 0 Å². The van der Waals surface area contributed by atoms with Gasteiger partial charge in [0.05, 0.1) is 6.54 Å². The molecular weight excluding hydrogens is 290 g/mol. The fourth-order valence-electron chi connectivity index (χ4n) is 1.86. The minimum absolute atomic E-state index is 0.0996. The number of thioether (sulfide) groups is 1. The van der Waals surface area contributed by atoms with E-state index in [4.69, 9.17) is 0 Å². The Balaban J connectivity index is 2.28. The summed E-state index contributed by atoms with van der Waals surface area (Å²) in [6.45, 7) is 4.50. The molecule has 0 spiro atoms. The first-order valence-corrected chi connectivity index (χ1v) is 8.67. The molecule has 1 rings (SSSR count). The molecular formula is C13H25N5O2S. The van der Waals surface area contributed by atoms with Gasteiger partial charge in [-0.2, -0.15) is 11.8 Å². The molecule has 1 aliphatic rings. The van der Waals surface area contributed by atoms with Gasteiger partial charge in [-0.3, -0.25) is 14.7 Å². The monoisotopic (exact) mass is 315 g/mol. The van der Waals surface area contributed by atoms with Crippen LogP contribution in [0, 0.1) is 0 Å². The fraction of sp³-hybridized carbons (Fsp3) is 0.769. The van der Waals surface area contributed by atoms with Crippen LogP contribution in [0.1, 0.15) is 19.8 Å². The lowest BCUT2D eigenvalue weighted by molar-refractivity contribution is -0.124. The van der Waals surface area contributed by atoms with Gasteiger partial charge in [0.1, 0.15) is 0 Å². The van der Waals surface area contributed by atoms with Gasteiger partial charge < -0.3 is 16.0 Å². The van der Waals surface area contributed by atoms with Crippen LogP contribution in [0.4, 0.5) is 4.79 Å². The van der Waals surface area contributed by atoms with E-state index in [1.54, 1.807) is 0 Å². The number of unbranched alkanes of at least 4 members (excludes halogenated alkanes) is 1. The maximum Gasteiger partial charge on any atom is 0.324 e. The average molecular weight is 315 g/mol. The Kier molecular flexibility index (Phi) is 8.65. The number of nitrogens with one attached hydrogen (secondary N) is 3. The molecule has 0 radical (unpaired) electrons. The SMILES string of the molecule is CCNC(=NCCCCSC)NCCN1C(=O)CNC1=O. The van der Waals surface area contributed by atoms with Gasteiger partial charge in [-0.15, -0.1) is 0 Å². The van der Waals surface area contributed by atoms with E-state index in [2.05, 4.69) is 27.2 Å². The van der Waals surface area contributed by atoms with Gasteiger partial charge in [-0.05, 0) is 31.8 Å². The Morgan fingerprint density at radius 3 is 2.81 bits per heavy atom. The van der Waals surface area contributed by atoms with E-state index >= 15 is 0 Å². The van der Waals surface area contributed by atoms with Gasteiger partial charge in [-0.25, -0.2) is 4.79 Å². The van der Waals surface area contributed by atoms with Gasteiger partial charge >= 0.3 is 6.03 Å². The predicted molar refractivity (Wildman–Crippen MR) is 86.7 cm³/mol. The lowest BCUT2D eigenvalue weighted by Crippen LogP contribution is -2.43. The summed E-state index contributed by atoms with van der Waals surface area (Å²) in [6.07, 6.45) is 4.32. The lowest BCUT2D eigenvalue weighted by atomic mass is 10.3. The standard InChI is InChI=1S/C13H25N5O2S/c1-3-14-12(15-6-4-5-9-21-2)16-7-8-18-11(19)10-17-13(18)20/h3-10H2,1-2H3,(H,17,20)(H2,14,15,16). The smallest absolute Gasteiger partial charge is 0.324 e. The van der Waals surface area contributed by atoms with Crippen LogP contribution in [0.2, 0.25) is 0 Å². The number of guanidine groups is 1.